The van der Waals surface area contributed by atoms with Crippen molar-refractivity contribution in [1.29, 1.82) is 5.41 Å². The van der Waals surface area contributed by atoms with E-state index in [9.17, 15) is 0 Å². The van der Waals surface area contributed by atoms with E-state index < -0.39 is 0 Å². The average Bonchev–Trinajstić information content (AvgIpc) is 2.99. The molecule has 6 nitrogen and oxygen atoms in total. The molecule has 0 saturated heterocycles. The Morgan fingerprint density at radius 1 is 1.17 bits per heavy atom. The minimum absolute atomic E-state index is 0.194. The van der Waals surface area contributed by atoms with Crippen LogP contribution in [0.25, 0.3) is 22.2 Å². The molecule has 0 radical (unpaired) electrons. The van der Waals surface area contributed by atoms with Crippen molar-refractivity contribution >= 4 is 22.6 Å². The largest absolute Gasteiger partial charge is 0.497 e. The third-order valence-electron chi connectivity index (χ3n) is 3.79. The lowest BCUT2D eigenvalue weighted by atomic mass is 10.0. The fourth-order valence-corrected chi connectivity index (χ4v) is 2.69. The molecule has 2 aromatic carbocycles. The highest BCUT2D eigenvalue weighted by Crippen LogP contribution is 2.31. The quantitative estimate of drug-likeness (QED) is 0.337. The molecule has 0 atom stereocenters. The van der Waals surface area contributed by atoms with Crippen LogP contribution in [0.1, 0.15) is 12.5 Å². The first kappa shape index (κ1) is 15.6. The number of nitrogens with zero attached hydrogens (tertiary/aromatic N) is 1. The lowest BCUT2D eigenvalue weighted by molar-refractivity contribution is 0.415. The topological polar surface area (TPSA) is 99.3 Å². The minimum atomic E-state index is -0.194. The van der Waals surface area contributed by atoms with Gasteiger partial charge in [-0.1, -0.05) is 18.2 Å². The second-order valence-corrected chi connectivity index (χ2v) is 5.37. The molecule has 5 N–H and O–H groups in total. The van der Waals surface area contributed by atoms with E-state index in [0.29, 0.717) is 0 Å². The number of ether oxygens (including phenoxy) is 1. The van der Waals surface area contributed by atoms with Crippen molar-refractivity contribution < 1.29 is 4.74 Å². The van der Waals surface area contributed by atoms with E-state index in [1.165, 1.54) is 0 Å². The highest BCUT2D eigenvalue weighted by Gasteiger charge is 2.15. The number of aromatic nitrogens is 1. The zero-order valence-corrected chi connectivity index (χ0v) is 13.6. The second kappa shape index (κ2) is 6.45. The van der Waals surface area contributed by atoms with E-state index in [-0.39, 0.29) is 5.96 Å². The molecule has 0 fully saturated rings. The number of rotatable bonds is 4. The molecule has 0 saturated carbocycles. The maximum atomic E-state index is 7.28. The van der Waals surface area contributed by atoms with Crippen LogP contribution in [-0.2, 0) is 0 Å². The van der Waals surface area contributed by atoms with E-state index >= 15 is 0 Å². The van der Waals surface area contributed by atoms with E-state index in [1.54, 1.807) is 7.11 Å². The molecule has 24 heavy (non-hydrogen) atoms. The van der Waals surface area contributed by atoms with Crippen LogP contribution < -0.4 is 15.9 Å². The Hall–Kier alpha value is -3.28. The lowest BCUT2D eigenvalue weighted by Crippen LogP contribution is -2.26. The van der Waals surface area contributed by atoms with Gasteiger partial charge < -0.3 is 15.5 Å². The van der Waals surface area contributed by atoms with Gasteiger partial charge >= 0.3 is 0 Å². The molecular weight excluding hydrogens is 302 g/mol. The van der Waals surface area contributed by atoms with Crippen LogP contribution in [0.3, 0.4) is 0 Å². The maximum absolute atomic E-state index is 7.28. The fraction of sp³-hybridized carbons (Fsp3) is 0.111. The van der Waals surface area contributed by atoms with Crippen LogP contribution in [0.5, 0.6) is 5.75 Å². The number of fused-ring (bicyclic) bond motifs is 1. The molecule has 1 heterocycles. The monoisotopic (exact) mass is 321 g/mol. The van der Waals surface area contributed by atoms with Crippen molar-refractivity contribution in [2.75, 3.05) is 7.11 Å². The van der Waals surface area contributed by atoms with Gasteiger partial charge in [0.15, 0.2) is 0 Å². The summed E-state index contributed by atoms with van der Waals surface area (Å²) in [6.45, 7) is 1.89. The minimum Gasteiger partial charge on any atom is -0.497 e. The highest BCUT2D eigenvalue weighted by atomic mass is 16.5. The Labute approximate surface area is 139 Å². The maximum Gasteiger partial charge on any atom is 0.206 e. The Kier molecular flexibility index (Phi) is 4.20. The summed E-state index contributed by atoms with van der Waals surface area (Å²) in [7, 11) is 1.65. The summed E-state index contributed by atoms with van der Waals surface area (Å²) in [4.78, 5) is 3.45. The predicted octanol–water partition coefficient (Wildman–Crippen LogP) is 3.05. The zero-order valence-electron chi connectivity index (χ0n) is 13.6. The van der Waals surface area contributed by atoms with Crippen LogP contribution in [0.15, 0.2) is 53.6 Å². The fourth-order valence-electron chi connectivity index (χ4n) is 2.69. The number of benzene rings is 2. The zero-order chi connectivity index (χ0) is 17.1. The number of aromatic amines is 1. The molecule has 122 valence electrons. The average molecular weight is 321 g/mol. The van der Waals surface area contributed by atoms with Crippen molar-refractivity contribution in [2.45, 2.75) is 6.92 Å². The molecular formula is C18H19N5O. The number of hydrogen-bond donors (Lipinski definition) is 4. The number of H-pyrrole nitrogens is 1. The number of para-hydroxylation sites is 1. The van der Waals surface area contributed by atoms with Gasteiger partial charge in [0.05, 0.1) is 18.5 Å². The predicted molar refractivity (Wildman–Crippen MR) is 97.5 cm³/mol. The molecule has 0 aliphatic carbocycles. The third kappa shape index (κ3) is 2.94. The van der Waals surface area contributed by atoms with Gasteiger partial charge in [-0.2, -0.15) is 5.10 Å². The normalized spacial score (nSPS) is 11.5. The van der Waals surface area contributed by atoms with Crippen molar-refractivity contribution in [3.63, 3.8) is 0 Å². The van der Waals surface area contributed by atoms with Crippen LogP contribution in [0.4, 0.5) is 0 Å². The van der Waals surface area contributed by atoms with Crippen LogP contribution in [-0.4, -0.2) is 23.8 Å². The first-order valence-corrected chi connectivity index (χ1v) is 7.50. The summed E-state index contributed by atoms with van der Waals surface area (Å²) >= 11 is 0. The molecule has 0 unspecified atom stereocenters. The summed E-state index contributed by atoms with van der Waals surface area (Å²) in [6.07, 6.45) is 0. The second-order valence-electron chi connectivity index (χ2n) is 5.37. The summed E-state index contributed by atoms with van der Waals surface area (Å²) in [5.74, 6) is 0.611. The van der Waals surface area contributed by atoms with E-state index in [0.717, 1.165) is 39.2 Å². The number of nitrogens with one attached hydrogen (secondary N) is 3. The van der Waals surface area contributed by atoms with Gasteiger partial charge in [0, 0.05) is 16.5 Å². The summed E-state index contributed by atoms with van der Waals surface area (Å²) in [5, 5.41) is 12.5. The van der Waals surface area contributed by atoms with Gasteiger partial charge in [-0.05, 0) is 42.8 Å². The van der Waals surface area contributed by atoms with Gasteiger partial charge in [0.2, 0.25) is 5.96 Å². The molecule has 1 aromatic heterocycles. The standard InChI is InChI=1S/C18H19N5O/c1-11(22-23-18(19)20)16-14-5-3-4-6-15(14)21-17(16)12-7-9-13(24-2)10-8-12/h3-10,21H,1-2H3,(H4,19,20,23)/b22-11-. The first-order valence-electron chi connectivity index (χ1n) is 7.50. The Balaban J connectivity index is 2.17. The van der Waals surface area contributed by atoms with Crippen molar-refractivity contribution in [3.8, 4) is 17.0 Å². The number of hydrogen-bond acceptors (Lipinski definition) is 3. The van der Waals surface area contributed by atoms with Gasteiger partial charge in [-0.3, -0.25) is 5.41 Å². The van der Waals surface area contributed by atoms with Gasteiger partial charge in [0.25, 0.3) is 0 Å². The van der Waals surface area contributed by atoms with Crippen LogP contribution in [0.2, 0.25) is 0 Å². The smallest absolute Gasteiger partial charge is 0.206 e. The van der Waals surface area contributed by atoms with E-state index in [1.807, 2.05) is 55.5 Å². The van der Waals surface area contributed by atoms with Crippen molar-refractivity contribution in [3.05, 3.63) is 54.1 Å². The van der Waals surface area contributed by atoms with Gasteiger partial charge in [-0.15, -0.1) is 0 Å². The summed E-state index contributed by atoms with van der Waals surface area (Å²) in [6, 6.07) is 15.9. The molecule has 0 aliphatic rings. The Bertz CT molecular complexity index is 909. The van der Waals surface area contributed by atoms with Crippen LogP contribution >= 0.6 is 0 Å². The number of methoxy groups -OCH3 is 1. The Morgan fingerprint density at radius 3 is 2.54 bits per heavy atom. The van der Waals surface area contributed by atoms with Gasteiger partial charge in [-0.25, -0.2) is 5.43 Å². The first-order chi connectivity index (χ1) is 11.6. The molecule has 0 spiro atoms. The van der Waals surface area contributed by atoms with E-state index in [4.69, 9.17) is 15.9 Å². The van der Waals surface area contributed by atoms with Gasteiger partial charge in [0.1, 0.15) is 5.75 Å². The van der Waals surface area contributed by atoms with Crippen LogP contribution in [0, 0.1) is 5.41 Å². The molecule has 0 amide bonds. The number of guanidine groups is 1. The highest BCUT2D eigenvalue weighted by molar-refractivity contribution is 6.14. The van der Waals surface area contributed by atoms with Crippen molar-refractivity contribution in [2.24, 2.45) is 10.8 Å². The summed E-state index contributed by atoms with van der Waals surface area (Å²) < 4.78 is 5.23. The molecule has 6 heteroatoms. The molecule has 0 aliphatic heterocycles. The molecule has 3 aromatic rings. The SMILES string of the molecule is COc1ccc(-c2[nH]c3ccccc3c2/C(C)=N\NC(=N)N)cc1. The third-order valence-corrected chi connectivity index (χ3v) is 3.79. The molecule has 3 rings (SSSR count). The molecule has 0 bridgehead atoms. The summed E-state index contributed by atoms with van der Waals surface area (Å²) in [5.41, 5.74) is 12.6. The van der Waals surface area contributed by atoms with E-state index in [2.05, 4.69) is 15.5 Å². The number of nitrogens with two attached hydrogens (primary N) is 1. The Morgan fingerprint density at radius 2 is 1.88 bits per heavy atom. The lowest BCUT2D eigenvalue weighted by Gasteiger charge is -2.07. The number of hydrazone groups is 1. The van der Waals surface area contributed by atoms with Crippen molar-refractivity contribution in [1.82, 2.24) is 10.4 Å².